The second kappa shape index (κ2) is 5.85. The van der Waals surface area contributed by atoms with Gasteiger partial charge in [0.1, 0.15) is 12.4 Å². The van der Waals surface area contributed by atoms with Gasteiger partial charge in [0.2, 0.25) is 0 Å². The van der Waals surface area contributed by atoms with Crippen LogP contribution < -0.4 is 10.5 Å². The Bertz CT molecular complexity index is 378. The summed E-state index contributed by atoms with van der Waals surface area (Å²) in [5.74, 6) is 0.868. The monoisotopic (exact) mass is 301 g/mol. The fourth-order valence-electron chi connectivity index (χ4n) is 1.18. The smallest absolute Gasteiger partial charge is 0.133 e. The van der Waals surface area contributed by atoms with Gasteiger partial charge in [-0.3, -0.25) is 0 Å². The van der Waals surface area contributed by atoms with E-state index in [2.05, 4.69) is 15.9 Å². The van der Waals surface area contributed by atoms with Gasteiger partial charge in [-0.25, -0.2) is 0 Å². The van der Waals surface area contributed by atoms with Crippen LogP contribution in [0.1, 0.15) is 26.3 Å². The third-order valence-electron chi connectivity index (χ3n) is 3.00. The average Bonchev–Trinajstić information content (AvgIpc) is 2.27. The molecule has 0 aliphatic rings. The summed E-state index contributed by atoms with van der Waals surface area (Å²) in [5.41, 5.74) is 5.76. The molecule has 0 heterocycles. The fourth-order valence-corrected chi connectivity index (χ4v) is 1.72. The molecule has 1 atom stereocenters. The highest BCUT2D eigenvalue weighted by Gasteiger charge is 2.26. The molecule has 0 aromatic heterocycles. The summed E-state index contributed by atoms with van der Waals surface area (Å²) in [6.07, 6.45) is 0. The van der Waals surface area contributed by atoms with Crippen LogP contribution in [0.4, 0.5) is 0 Å². The first-order valence-corrected chi connectivity index (χ1v) is 6.50. The highest BCUT2D eigenvalue weighted by Crippen LogP contribution is 2.27. The van der Waals surface area contributed by atoms with Crippen molar-refractivity contribution in [1.82, 2.24) is 0 Å². The molecule has 0 aliphatic carbocycles. The van der Waals surface area contributed by atoms with E-state index in [1.54, 1.807) is 6.92 Å². The topological polar surface area (TPSA) is 55.5 Å². The van der Waals surface area contributed by atoms with E-state index in [4.69, 9.17) is 10.5 Å². The van der Waals surface area contributed by atoms with Crippen molar-refractivity contribution in [2.24, 2.45) is 11.7 Å². The third-order valence-corrected chi connectivity index (χ3v) is 3.62. The van der Waals surface area contributed by atoms with Crippen LogP contribution in [0.5, 0.6) is 5.75 Å². The summed E-state index contributed by atoms with van der Waals surface area (Å²) in [5, 5.41) is 10.1. The van der Waals surface area contributed by atoms with Gasteiger partial charge in [-0.2, -0.15) is 0 Å². The second-order valence-electron chi connectivity index (χ2n) is 4.77. The molecule has 0 amide bonds. The Morgan fingerprint density at radius 1 is 1.47 bits per heavy atom. The molecule has 4 heteroatoms. The van der Waals surface area contributed by atoms with Gasteiger partial charge in [-0.05, 0) is 46.5 Å². The SMILES string of the molecule is CC(C)C(C)(O)COc1ccc(CN)cc1Br. The maximum Gasteiger partial charge on any atom is 0.133 e. The minimum Gasteiger partial charge on any atom is -0.489 e. The molecular weight excluding hydrogens is 282 g/mol. The summed E-state index contributed by atoms with van der Waals surface area (Å²) in [6.45, 7) is 6.49. The number of hydrogen-bond donors (Lipinski definition) is 2. The summed E-state index contributed by atoms with van der Waals surface area (Å²) < 4.78 is 6.49. The number of rotatable bonds is 5. The van der Waals surface area contributed by atoms with Crippen LogP contribution in [0.3, 0.4) is 0 Å². The lowest BCUT2D eigenvalue weighted by atomic mass is 9.94. The van der Waals surface area contributed by atoms with Gasteiger partial charge in [0.15, 0.2) is 0 Å². The molecule has 0 aliphatic heterocycles. The second-order valence-corrected chi connectivity index (χ2v) is 5.62. The molecule has 17 heavy (non-hydrogen) atoms. The number of aliphatic hydroxyl groups is 1. The molecule has 1 unspecified atom stereocenters. The van der Waals surface area contributed by atoms with Crippen molar-refractivity contribution >= 4 is 15.9 Å². The molecule has 3 nitrogen and oxygen atoms in total. The van der Waals surface area contributed by atoms with Gasteiger partial charge >= 0.3 is 0 Å². The molecule has 0 bridgehead atoms. The Morgan fingerprint density at radius 3 is 2.59 bits per heavy atom. The summed E-state index contributed by atoms with van der Waals surface area (Å²) >= 11 is 3.43. The van der Waals surface area contributed by atoms with E-state index in [1.165, 1.54) is 0 Å². The van der Waals surface area contributed by atoms with Crippen LogP contribution in [0, 0.1) is 5.92 Å². The summed E-state index contributed by atoms with van der Waals surface area (Å²) in [4.78, 5) is 0. The van der Waals surface area contributed by atoms with Crippen molar-refractivity contribution in [3.8, 4) is 5.75 Å². The molecule has 0 saturated carbocycles. The molecular formula is C13H20BrNO2. The summed E-state index contributed by atoms with van der Waals surface area (Å²) in [7, 11) is 0. The quantitative estimate of drug-likeness (QED) is 0.879. The molecule has 1 rings (SSSR count). The van der Waals surface area contributed by atoms with E-state index in [0.29, 0.717) is 6.54 Å². The first-order chi connectivity index (χ1) is 7.86. The number of halogens is 1. The van der Waals surface area contributed by atoms with Crippen LogP contribution in [-0.4, -0.2) is 17.3 Å². The third kappa shape index (κ3) is 3.98. The zero-order chi connectivity index (χ0) is 13.1. The Hall–Kier alpha value is -0.580. The predicted molar refractivity (Wildman–Crippen MR) is 73.0 cm³/mol. The lowest BCUT2D eigenvalue weighted by Gasteiger charge is -2.27. The van der Waals surface area contributed by atoms with Gasteiger partial charge in [0.25, 0.3) is 0 Å². The normalized spacial score (nSPS) is 14.8. The van der Waals surface area contributed by atoms with E-state index >= 15 is 0 Å². The fraction of sp³-hybridized carbons (Fsp3) is 0.538. The minimum atomic E-state index is -0.827. The van der Waals surface area contributed by atoms with Crippen LogP contribution in [0.25, 0.3) is 0 Å². The minimum absolute atomic E-state index is 0.143. The van der Waals surface area contributed by atoms with E-state index in [9.17, 15) is 5.11 Å². The van der Waals surface area contributed by atoms with Crippen LogP contribution >= 0.6 is 15.9 Å². The van der Waals surface area contributed by atoms with Gasteiger partial charge < -0.3 is 15.6 Å². The van der Waals surface area contributed by atoms with Crippen molar-refractivity contribution in [2.45, 2.75) is 32.9 Å². The molecule has 3 N–H and O–H groups in total. The lowest BCUT2D eigenvalue weighted by molar-refractivity contribution is -0.0268. The van der Waals surface area contributed by atoms with Crippen molar-refractivity contribution in [1.29, 1.82) is 0 Å². The Kier molecular flexibility index (Phi) is 4.98. The first kappa shape index (κ1) is 14.5. The molecule has 0 fully saturated rings. The van der Waals surface area contributed by atoms with E-state index < -0.39 is 5.60 Å². The Balaban J connectivity index is 2.70. The highest BCUT2D eigenvalue weighted by molar-refractivity contribution is 9.10. The van der Waals surface area contributed by atoms with E-state index in [0.717, 1.165) is 15.8 Å². The predicted octanol–water partition coefficient (Wildman–Crippen LogP) is 2.69. The molecule has 0 radical (unpaired) electrons. The zero-order valence-electron chi connectivity index (χ0n) is 10.5. The molecule has 96 valence electrons. The maximum atomic E-state index is 10.1. The van der Waals surface area contributed by atoms with Crippen LogP contribution in [0.15, 0.2) is 22.7 Å². The summed E-state index contributed by atoms with van der Waals surface area (Å²) in [6, 6.07) is 5.71. The van der Waals surface area contributed by atoms with Gasteiger partial charge in [-0.1, -0.05) is 19.9 Å². The van der Waals surface area contributed by atoms with Crippen LogP contribution in [-0.2, 0) is 6.54 Å². The van der Waals surface area contributed by atoms with Crippen molar-refractivity contribution < 1.29 is 9.84 Å². The highest BCUT2D eigenvalue weighted by atomic mass is 79.9. The maximum absolute atomic E-state index is 10.1. The van der Waals surface area contributed by atoms with Gasteiger partial charge in [0, 0.05) is 6.54 Å². The number of ether oxygens (including phenoxy) is 1. The number of benzene rings is 1. The van der Waals surface area contributed by atoms with E-state index in [-0.39, 0.29) is 12.5 Å². The van der Waals surface area contributed by atoms with Crippen LogP contribution in [0.2, 0.25) is 0 Å². The zero-order valence-corrected chi connectivity index (χ0v) is 12.1. The van der Waals surface area contributed by atoms with Crippen molar-refractivity contribution in [3.05, 3.63) is 28.2 Å². The molecule has 0 saturated heterocycles. The van der Waals surface area contributed by atoms with Gasteiger partial charge in [-0.15, -0.1) is 0 Å². The first-order valence-electron chi connectivity index (χ1n) is 5.70. The number of nitrogens with two attached hydrogens (primary N) is 1. The van der Waals surface area contributed by atoms with Crippen molar-refractivity contribution in [2.75, 3.05) is 6.61 Å². The average molecular weight is 302 g/mol. The Morgan fingerprint density at radius 2 is 2.12 bits per heavy atom. The number of hydrogen-bond acceptors (Lipinski definition) is 3. The molecule has 0 spiro atoms. The largest absolute Gasteiger partial charge is 0.489 e. The molecule has 1 aromatic carbocycles. The standard InChI is InChI=1S/C13H20BrNO2/c1-9(2)13(3,16)8-17-12-5-4-10(7-15)6-11(12)14/h4-6,9,16H,7-8,15H2,1-3H3. The lowest BCUT2D eigenvalue weighted by Crippen LogP contribution is -2.37. The molecule has 1 aromatic rings. The van der Waals surface area contributed by atoms with E-state index in [1.807, 2.05) is 32.0 Å². The van der Waals surface area contributed by atoms with Crippen molar-refractivity contribution in [3.63, 3.8) is 0 Å². The Labute approximate surface area is 111 Å². The van der Waals surface area contributed by atoms with Gasteiger partial charge in [0.05, 0.1) is 10.1 Å².